The highest BCUT2D eigenvalue weighted by Crippen LogP contribution is 2.23. The number of carbonyl (C=O) groups is 1. The van der Waals surface area contributed by atoms with Gasteiger partial charge in [0.1, 0.15) is 23.6 Å². The van der Waals surface area contributed by atoms with Crippen LogP contribution in [0.1, 0.15) is 21.6 Å². The van der Waals surface area contributed by atoms with E-state index in [0.29, 0.717) is 23.8 Å². The largest absolute Gasteiger partial charge is 0.495 e. The lowest BCUT2D eigenvalue weighted by molar-refractivity contribution is 0.102. The van der Waals surface area contributed by atoms with Crippen LogP contribution in [0.15, 0.2) is 60.9 Å². The summed E-state index contributed by atoms with van der Waals surface area (Å²) in [6.07, 6.45) is 1.37. The number of aryl methyl sites for hydroxylation is 1. The van der Waals surface area contributed by atoms with Gasteiger partial charge in [0.25, 0.3) is 5.91 Å². The third-order valence-corrected chi connectivity index (χ3v) is 3.85. The van der Waals surface area contributed by atoms with Crippen molar-refractivity contribution in [3.05, 3.63) is 77.7 Å². The fourth-order valence-electron chi connectivity index (χ4n) is 2.41. The number of carbonyl (C=O) groups excluding carboxylic acids is 1. The van der Waals surface area contributed by atoms with Crippen molar-refractivity contribution in [2.45, 2.75) is 13.5 Å². The van der Waals surface area contributed by atoms with Gasteiger partial charge in [0.05, 0.1) is 12.8 Å². The molecule has 3 rings (SSSR count). The molecule has 0 saturated carbocycles. The van der Waals surface area contributed by atoms with Gasteiger partial charge >= 0.3 is 0 Å². The van der Waals surface area contributed by atoms with Gasteiger partial charge in [-0.1, -0.05) is 42.0 Å². The van der Waals surface area contributed by atoms with E-state index in [1.165, 1.54) is 11.9 Å². The second-order valence-electron chi connectivity index (χ2n) is 5.78. The van der Waals surface area contributed by atoms with Crippen LogP contribution in [0.3, 0.4) is 0 Å². The van der Waals surface area contributed by atoms with E-state index >= 15 is 0 Å². The van der Waals surface area contributed by atoms with Crippen LogP contribution in [0.4, 0.5) is 11.5 Å². The van der Waals surface area contributed by atoms with E-state index in [4.69, 9.17) is 4.74 Å². The molecule has 26 heavy (non-hydrogen) atoms. The van der Waals surface area contributed by atoms with Crippen LogP contribution in [0.25, 0.3) is 0 Å². The fraction of sp³-hybridized carbons (Fsp3) is 0.150. The van der Waals surface area contributed by atoms with Gasteiger partial charge < -0.3 is 15.4 Å². The van der Waals surface area contributed by atoms with Gasteiger partial charge in [-0.15, -0.1) is 0 Å². The Morgan fingerprint density at radius 2 is 1.85 bits per heavy atom. The van der Waals surface area contributed by atoms with E-state index in [1.807, 2.05) is 19.1 Å². The lowest BCUT2D eigenvalue weighted by Crippen LogP contribution is -2.15. The highest BCUT2D eigenvalue weighted by Gasteiger charge is 2.11. The number of hydrogen-bond donors (Lipinski definition) is 2. The summed E-state index contributed by atoms with van der Waals surface area (Å²) < 4.78 is 5.24. The monoisotopic (exact) mass is 348 g/mol. The van der Waals surface area contributed by atoms with Crippen molar-refractivity contribution in [1.29, 1.82) is 0 Å². The molecule has 0 aliphatic heterocycles. The second kappa shape index (κ2) is 8.11. The maximum Gasteiger partial charge on any atom is 0.274 e. The molecule has 3 aromatic rings. The summed E-state index contributed by atoms with van der Waals surface area (Å²) in [4.78, 5) is 20.7. The molecular formula is C20H20N4O2. The van der Waals surface area contributed by atoms with Crippen molar-refractivity contribution in [3.63, 3.8) is 0 Å². The van der Waals surface area contributed by atoms with Crippen molar-refractivity contribution in [3.8, 4) is 5.75 Å². The number of benzene rings is 2. The van der Waals surface area contributed by atoms with Crippen molar-refractivity contribution in [2.24, 2.45) is 0 Å². The highest BCUT2D eigenvalue weighted by atomic mass is 16.5. The number of amides is 1. The summed E-state index contributed by atoms with van der Waals surface area (Å²) in [5, 5.41) is 6.01. The molecule has 0 aliphatic rings. The van der Waals surface area contributed by atoms with Crippen LogP contribution in [0, 0.1) is 6.92 Å². The molecule has 0 fully saturated rings. The molecule has 1 amide bonds. The number of para-hydroxylation sites is 2. The Labute approximate surface area is 152 Å². The number of methoxy groups -OCH3 is 1. The van der Waals surface area contributed by atoms with E-state index < -0.39 is 0 Å². The van der Waals surface area contributed by atoms with Crippen LogP contribution in [-0.2, 0) is 6.54 Å². The number of nitrogens with one attached hydrogen (secondary N) is 2. The van der Waals surface area contributed by atoms with Crippen LogP contribution < -0.4 is 15.4 Å². The van der Waals surface area contributed by atoms with E-state index in [9.17, 15) is 4.79 Å². The van der Waals surface area contributed by atoms with Gasteiger partial charge in [-0.3, -0.25) is 4.79 Å². The Morgan fingerprint density at radius 1 is 1.08 bits per heavy atom. The average molecular weight is 348 g/mol. The molecule has 0 saturated heterocycles. The summed E-state index contributed by atoms with van der Waals surface area (Å²) in [5.74, 6) is 0.855. The first-order chi connectivity index (χ1) is 12.7. The lowest BCUT2D eigenvalue weighted by atomic mass is 10.1. The number of anilines is 2. The van der Waals surface area contributed by atoms with E-state index in [-0.39, 0.29) is 11.6 Å². The molecule has 132 valence electrons. The van der Waals surface area contributed by atoms with Gasteiger partial charge in [-0.05, 0) is 24.6 Å². The topological polar surface area (TPSA) is 76.1 Å². The molecule has 0 radical (unpaired) electrons. The normalized spacial score (nSPS) is 10.2. The quantitative estimate of drug-likeness (QED) is 0.711. The number of hydrogen-bond acceptors (Lipinski definition) is 5. The van der Waals surface area contributed by atoms with Crippen LogP contribution in [0.2, 0.25) is 0 Å². The van der Waals surface area contributed by atoms with E-state index in [1.54, 1.807) is 25.3 Å². The van der Waals surface area contributed by atoms with Gasteiger partial charge in [-0.2, -0.15) is 0 Å². The molecule has 6 nitrogen and oxygen atoms in total. The Hall–Kier alpha value is -3.41. The van der Waals surface area contributed by atoms with E-state index in [0.717, 1.165) is 5.56 Å². The van der Waals surface area contributed by atoms with Crippen LogP contribution >= 0.6 is 0 Å². The maximum absolute atomic E-state index is 12.5. The summed E-state index contributed by atoms with van der Waals surface area (Å²) in [6.45, 7) is 2.67. The molecule has 0 bridgehead atoms. The number of rotatable bonds is 6. The Kier molecular flexibility index (Phi) is 5.43. The number of aromatic nitrogens is 2. The summed E-state index contributed by atoms with van der Waals surface area (Å²) in [5.41, 5.74) is 3.21. The van der Waals surface area contributed by atoms with Crippen LogP contribution in [-0.4, -0.2) is 23.0 Å². The molecule has 0 unspecified atom stereocenters. The van der Waals surface area contributed by atoms with Crippen molar-refractivity contribution in [1.82, 2.24) is 9.97 Å². The molecule has 6 heteroatoms. The number of ether oxygens (including phenoxy) is 1. The fourth-order valence-corrected chi connectivity index (χ4v) is 2.41. The Balaban J connectivity index is 1.68. The molecule has 1 aromatic heterocycles. The zero-order valence-electron chi connectivity index (χ0n) is 14.7. The second-order valence-corrected chi connectivity index (χ2v) is 5.78. The van der Waals surface area contributed by atoms with Gasteiger partial charge in [0, 0.05) is 12.6 Å². The molecule has 2 N–H and O–H groups in total. The minimum atomic E-state index is -0.324. The SMILES string of the molecule is COc1ccccc1NC(=O)c1cc(NCc2ccc(C)cc2)ncn1. The molecular weight excluding hydrogens is 328 g/mol. The predicted molar refractivity (Wildman–Crippen MR) is 101 cm³/mol. The smallest absolute Gasteiger partial charge is 0.274 e. The first-order valence-corrected chi connectivity index (χ1v) is 8.21. The molecule has 1 heterocycles. The summed E-state index contributed by atoms with van der Waals surface area (Å²) in [6, 6.07) is 17.1. The Bertz CT molecular complexity index is 894. The molecule has 0 spiro atoms. The first kappa shape index (κ1) is 17.4. The van der Waals surface area contributed by atoms with Crippen molar-refractivity contribution < 1.29 is 9.53 Å². The van der Waals surface area contributed by atoms with Crippen molar-refractivity contribution >= 4 is 17.4 Å². The number of nitrogens with zero attached hydrogens (tertiary/aromatic N) is 2. The lowest BCUT2D eigenvalue weighted by Gasteiger charge is -2.10. The minimum Gasteiger partial charge on any atom is -0.495 e. The third-order valence-electron chi connectivity index (χ3n) is 3.85. The standard InChI is InChI=1S/C20H20N4O2/c1-14-7-9-15(10-8-14)12-21-19-11-17(22-13-23-19)20(25)24-16-5-3-4-6-18(16)26-2/h3-11,13H,12H2,1-2H3,(H,24,25)(H,21,22,23). The predicted octanol–water partition coefficient (Wildman–Crippen LogP) is 3.66. The molecule has 0 aliphatic carbocycles. The minimum absolute atomic E-state index is 0.275. The molecule has 2 aromatic carbocycles. The van der Waals surface area contributed by atoms with E-state index in [2.05, 4.69) is 44.9 Å². The van der Waals surface area contributed by atoms with Gasteiger partial charge in [0.15, 0.2) is 0 Å². The van der Waals surface area contributed by atoms with Crippen molar-refractivity contribution in [2.75, 3.05) is 17.7 Å². The Morgan fingerprint density at radius 3 is 2.62 bits per heavy atom. The van der Waals surface area contributed by atoms with Gasteiger partial charge in [0.2, 0.25) is 0 Å². The summed E-state index contributed by atoms with van der Waals surface area (Å²) in [7, 11) is 1.56. The van der Waals surface area contributed by atoms with Crippen LogP contribution in [0.5, 0.6) is 5.75 Å². The maximum atomic E-state index is 12.5. The average Bonchev–Trinajstić information content (AvgIpc) is 2.68. The first-order valence-electron chi connectivity index (χ1n) is 8.21. The molecule has 0 atom stereocenters. The third kappa shape index (κ3) is 4.36. The zero-order chi connectivity index (χ0) is 18.4. The summed E-state index contributed by atoms with van der Waals surface area (Å²) >= 11 is 0. The highest BCUT2D eigenvalue weighted by molar-refractivity contribution is 6.04. The van der Waals surface area contributed by atoms with Gasteiger partial charge in [-0.25, -0.2) is 9.97 Å². The zero-order valence-corrected chi connectivity index (χ0v) is 14.7.